The molecule has 0 spiro atoms. The smallest absolute Gasteiger partial charge is 0.253 e. The molecule has 2 rings (SSSR count). The lowest BCUT2D eigenvalue weighted by atomic mass is 10.1. The van der Waals surface area contributed by atoms with E-state index < -0.39 is 0 Å². The Kier molecular flexibility index (Phi) is 4.19. The largest absolute Gasteiger partial charge is 0.350 e. The van der Waals surface area contributed by atoms with E-state index in [2.05, 4.69) is 26.2 Å². The maximum absolute atomic E-state index is 12.2. The summed E-state index contributed by atoms with van der Waals surface area (Å²) in [6.45, 7) is 2.55. The summed E-state index contributed by atoms with van der Waals surface area (Å²) in [5.74, 6) is -0.145. The van der Waals surface area contributed by atoms with Gasteiger partial charge in [-0.25, -0.2) is 0 Å². The van der Waals surface area contributed by atoms with Gasteiger partial charge in [0.25, 0.3) is 5.91 Å². The average molecular weight is 260 g/mol. The van der Waals surface area contributed by atoms with E-state index in [1.165, 1.54) is 11.0 Å². The predicted molar refractivity (Wildman–Crippen MR) is 70.0 cm³/mol. The molecule has 1 aromatic carbocycles. The van der Waals surface area contributed by atoms with Gasteiger partial charge in [-0.3, -0.25) is 4.79 Å². The zero-order valence-electron chi connectivity index (χ0n) is 10.9. The molecule has 2 aromatic rings. The van der Waals surface area contributed by atoms with Gasteiger partial charge >= 0.3 is 0 Å². The number of nitrogens with zero attached hydrogens (tertiary/aromatic N) is 4. The Balaban J connectivity index is 2.18. The highest BCUT2D eigenvalue weighted by molar-refractivity contribution is 5.97. The fraction of sp³-hybridized carbons (Fsp3) is 0.333. The Bertz CT molecular complexity index is 539. The summed E-state index contributed by atoms with van der Waals surface area (Å²) in [6.07, 6.45) is 1.46. The zero-order valence-corrected chi connectivity index (χ0v) is 10.9. The van der Waals surface area contributed by atoms with Crippen LogP contribution in [0.25, 0.3) is 5.69 Å². The third-order valence-corrected chi connectivity index (χ3v) is 2.81. The van der Waals surface area contributed by atoms with Crippen LogP contribution in [0.2, 0.25) is 0 Å². The molecule has 0 aliphatic heterocycles. The molecule has 1 heterocycles. The lowest BCUT2D eigenvalue weighted by Crippen LogP contribution is -2.37. The topological polar surface area (TPSA) is 84.7 Å². The second-order valence-electron chi connectivity index (χ2n) is 4.17. The number of hydrogen-bond donors (Lipinski definition) is 2. The van der Waals surface area contributed by atoms with E-state index in [1.807, 2.05) is 26.1 Å². The van der Waals surface area contributed by atoms with Gasteiger partial charge in [0.15, 0.2) is 0 Å². The number of benzene rings is 1. The molecule has 0 radical (unpaired) electrons. The van der Waals surface area contributed by atoms with Crippen LogP contribution in [0.3, 0.4) is 0 Å². The van der Waals surface area contributed by atoms with Gasteiger partial charge < -0.3 is 10.6 Å². The Hall–Kier alpha value is -2.28. The number of aromatic nitrogens is 4. The van der Waals surface area contributed by atoms with Crippen molar-refractivity contribution in [2.75, 3.05) is 13.6 Å². The zero-order chi connectivity index (χ0) is 13.7. The van der Waals surface area contributed by atoms with Gasteiger partial charge in [0.05, 0.1) is 11.3 Å². The summed E-state index contributed by atoms with van der Waals surface area (Å²) in [5, 5.41) is 16.9. The van der Waals surface area contributed by atoms with Crippen molar-refractivity contribution in [3.63, 3.8) is 0 Å². The number of rotatable bonds is 5. The molecule has 1 amide bonds. The van der Waals surface area contributed by atoms with Crippen molar-refractivity contribution in [1.29, 1.82) is 0 Å². The molecule has 0 saturated carbocycles. The maximum Gasteiger partial charge on any atom is 0.253 e. The summed E-state index contributed by atoms with van der Waals surface area (Å²) >= 11 is 0. The average Bonchev–Trinajstić information content (AvgIpc) is 2.98. The highest BCUT2D eigenvalue weighted by atomic mass is 16.1. The van der Waals surface area contributed by atoms with Crippen molar-refractivity contribution in [2.24, 2.45) is 0 Å². The second kappa shape index (κ2) is 6.05. The van der Waals surface area contributed by atoms with E-state index in [0.29, 0.717) is 17.8 Å². The minimum absolute atomic E-state index is 0.145. The van der Waals surface area contributed by atoms with Gasteiger partial charge in [0, 0.05) is 12.6 Å². The number of likely N-dealkylation sites (N-methyl/N-ethyl adjacent to an activating group) is 1. The molecule has 1 unspecified atom stereocenters. The number of hydrogen-bond acceptors (Lipinski definition) is 5. The molecule has 7 nitrogen and oxygen atoms in total. The molecule has 7 heteroatoms. The van der Waals surface area contributed by atoms with E-state index in [-0.39, 0.29) is 11.9 Å². The first-order valence-corrected chi connectivity index (χ1v) is 6.00. The number of amides is 1. The first-order chi connectivity index (χ1) is 9.22. The normalized spacial score (nSPS) is 12.1. The molecule has 100 valence electrons. The van der Waals surface area contributed by atoms with Crippen molar-refractivity contribution in [3.8, 4) is 5.69 Å². The first-order valence-electron chi connectivity index (χ1n) is 6.00. The van der Waals surface area contributed by atoms with Crippen LogP contribution in [0.15, 0.2) is 30.6 Å². The molecule has 0 saturated heterocycles. The van der Waals surface area contributed by atoms with E-state index in [9.17, 15) is 4.79 Å². The first kappa shape index (κ1) is 13.2. The second-order valence-corrected chi connectivity index (χ2v) is 4.17. The van der Waals surface area contributed by atoms with Crippen LogP contribution < -0.4 is 10.6 Å². The highest BCUT2D eigenvalue weighted by Gasteiger charge is 2.13. The number of nitrogens with one attached hydrogen (secondary N) is 2. The summed E-state index contributed by atoms with van der Waals surface area (Å²) in [5.41, 5.74) is 1.19. The van der Waals surface area contributed by atoms with Gasteiger partial charge in [0.2, 0.25) is 0 Å². The molecule has 2 N–H and O–H groups in total. The van der Waals surface area contributed by atoms with Gasteiger partial charge in [-0.15, -0.1) is 5.10 Å². The molecule has 19 heavy (non-hydrogen) atoms. The number of carbonyl (C=O) groups excluding carboxylic acids is 1. The Morgan fingerprint density at radius 1 is 1.42 bits per heavy atom. The molecule has 0 fully saturated rings. The van der Waals surface area contributed by atoms with Crippen LogP contribution in [0, 0.1) is 0 Å². The van der Waals surface area contributed by atoms with E-state index in [0.717, 1.165) is 0 Å². The molecule has 0 aliphatic rings. The number of para-hydroxylation sites is 1. The Morgan fingerprint density at radius 3 is 2.89 bits per heavy atom. The standard InChI is InChI=1S/C12H16N6O/c1-9(13-2)7-14-12(19)10-5-3-4-6-11(10)18-8-15-16-17-18/h3-6,8-9,13H,7H2,1-2H3,(H,14,19). The molecule has 0 aliphatic carbocycles. The minimum Gasteiger partial charge on any atom is -0.350 e. The summed E-state index contributed by atoms with van der Waals surface area (Å²) < 4.78 is 1.47. The predicted octanol–water partition coefficient (Wildman–Crippen LogP) is -0.000000000000000222. The Labute approximate surface area is 111 Å². The van der Waals surface area contributed by atoms with Crippen molar-refractivity contribution in [3.05, 3.63) is 36.2 Å². The lowest BCUT2D eigenvalue weighted by molar-refractivity contribution is 0.0950. The fourth-order valence-electron chi connectivity index (χ4n) is 1.58. The van der Waals surface area contributed by atoms with Crippen molar-refractivity contribution in [2.45, 2.75) is 13.0 Å². The van der Waals surface area contributed by atoms with Gasteiger partial charge in [-0.2, -0.15) is 4.68 Å². The van der Waals surface area contributed by atoms with Gasteiger partial charge in [-0.1, -0.05) is 12.1 Å². The molecule has 1 atom stereocenters. The summed E-state index contributed by atoms with van der Waals surface area (Å²) in [7, 11) is 1.85. The van der Waals surface area contributed by atoms with Crippen LogP contribution in [-0.2, 0) is 0 Å². The SMILES string of the molecule is CNC(C)CNC(=O)c1ccccc1-n1cnnn1. The van der Waals surface area contributed by atoms with Gasteiger partial charge in [0.1, 0.15) is 6.33 Å². The highest BCUT2D eigenvalue weighted by Crippen LogP contribution is 2.12. The van der Waals surface area contributed by atoms with Gasteiger partial charge in [-0.05, 0) is 36.5 Å². The third kappa shape index (κ3) is 3.14. The Morgan fingerprint density at radius 2 is 2.21 bits per heavy atom. The maximum atomic E-state index is 12.2. The van der Waals surface area contributed by atoms with Crippen LogP contribution in [-0.4, -0.2) is 45.7 Å². The van der Waals surface area contributed by atoms with Crippen molar-refractivity contribution in [1.82, 2.24) is 30.8 Å². The van der Waals surface area contributed by atoms with Crippen LogP contribution in [0.4, 0.5) is 0 Å². The van der Waals surface area contributed by atoms with E-state index in [1.54, 1.807) is 12.1 Å². The quantitative estimate of drug-likeness (QED) is 0.790. The lowest BCUT2D eigenvalue weighted by Gasteiger charge is -2.13. The minimum atomic E-state index is -0.145. The van der Waals surface area contributed by atoms with E-state index >= 15 is 0 Å². The van der Waals surface area contributed by atoms with Crippen LogP contribution >= 0.6 is 0 Å². The summed E-state index contributed by atoms with van der Waals surface area (Å²) in [6, 6.07) is 7.40. The van der Waals surface area contributed by atoms with Crippen LogP contribution in [0.5, 0.6) is 0 Å². The number of tetrazole rings is 1. The van der Waals surface area contributed by atoms with Crippen molar-refractivity contribution >= 4 is 5.91 Å². The molecule has 0 bridgehead atoms. The summed E-state index contributed by atoms with van der Waals surface area (Å²) in [4.78, 5) is 12.2. The fourth-order valence-corrected chi connectivity index (χ4v) is 1.58. The molecular weight excluding hydrogens is 244 g/mol. The number of carbonyl (C=O) groups is 1. The third-order valence-electron chi connectivity index (χ3n) is 2.81. The van der Waals surface area contributed by atoms with Crippen molar-refractivity contribution < 1.29 is 4.79 Å². The monoisotopic (exact) mass is 260 g/mol. The molecular formula is C12H16N6O. The van der Waals surface area contributed by atoms with E-state index in [4.69, 9.17) is 0 Å². The molecule has 1 aromatic heterocycles. The van der Waals surface area contributed by atoms with Crippen LogP contribution in [0.1, 0.15) is 17.3 Å².